The highest BCUT2D eigenvalue weighted by atomic mass is 35.5. The number of rotatable bonds is 14. The van der Waals surface area contributed by atoms with Crippen LogP contribution in [0, 0.1) is 0 Å². The van der Waals surface area contributed by atoms with Crippen LogP contribution in [0.2, 0.25) is 20.1 Å². The summed E-state index contributed by atoms with van der Waals surface area (Å²) in [5.41, 5.74) is 4.31. The van der Waals surface area contributed by atoms with E-state index in [0.29, 0.717) is 92.4 Å². The molecule has 0 spiro atoms. The van der Waals surface area contributed by atoms with Gasteiger partial charge in [0, 0.05) is 55.0 Å². The van der Waals surface area contributed by atoms with Gasteiger partial charge in [-0.15, -0.1) is 0 Å². The molecule has 15 heteroatoms. The second kappa shape index (κ2) is 20.2. The number of piperidine rings is 2. The lowest BCUT2D eigenvalue weighted by molar-refractivity contribution is -0.136. The molecule has 324 valence electrons. The van der Waals surface area contributed by atoms with Gasteiger partial charge in [-0.25, -0.2) is 0 Å². The summed E-state index contributed by atoms with van der Waals surface area (Å²) in [5.74, 6) is -2.37. The van der Waals surface area contributed by atoms with Gasteiger partial charge < -0.3 is 20.9 Å². The Morgan fingerprint density at radius 1 is 0.778 bits per heavy atom. The highest BCUT2D eigenvalue weighted by Crippen LogP contribution is 2.33. The fourth-order valence-electron chi connectivity index (χ4n) is 7.89. The SMILES string of the molecule is C=C1CCC(N2C(=O)c3cccc(NCCCCCC(=O)N[C@H](Cc4ccccc4)C(=O)N4C/C(=C\c5ccc(Cl)c(Cl)c5)C(=O)/C(=C/c5ccc(Cl)c(Cl)c5)C4)c3C2=O)C(=O)N1. The molecule has 2 atom stereocenters. The predicted molar refractivity (Wildman–Crippen MR) is 247 cm³/mol. The van der Waals surface area contributed by atoms with Crippen LogP contribution < -0.4 is 16.0 Å². The van der Waals surface area contributed by atoms with Gasteiger partial charge in [-0.05, 0) is 90.9 Å². The molecule has 0 bridgehead atoms. The molecule has 2 saturated heterocycles. The highest BCUT2D eigenvalue weighted by molar-refractivity contribution is 6.42. The monoisotopic (exact) mass is 925 g/mol. The van der Waals surface area contributed by atoms with Gasteiger partial charge in [0.25, 0.3) is 11.8 Å². The van der Waals surface area contributed by atoms with Crippen LogP contribution in [0.5, 0.6) is 0 Å². The first-order chi connectivity index (χ1) is 30.3. The maximum atomic E-state index is 14.5. The Balaban J connectivity index is 1.00. The number of nitrogens with zero attached hydrogens (tertiary/aromatic N) is 2. The van der Waals surface area contributed by atoms with E-state index in [1.807, 2.05) is 30.3 Å². The summed E-state index contributed by atoms with van der Waals surface area (Å²) >= 11 is 24.9. The minimum Gasteiger partial charge on any atom is -0.384 e. The number of unbranched alkanes of at least 4 members (excludes halogenated alkanes) is 2. The first-order valence-corrected chi connectivity index (χ1v) is 22.0. The van der Waals surface area contributed by atoms with E-state index >= 15 is 0 Å². The van der Waals surface area contributed by atoms with Crippen molar-refractivity contribution in [3.05, 3.63) is 156 Å². The molecular weight excluding hydrogens is 884 g/mol. The van der Waals surface area contributed by atoms with Gasteiger partial charge in [0.2, 0.25) is 17.7 Å². The molecule has 4 aromatic carbocycles. The van der Waals surface area contributed by atoms with Crippen molar-refractivity contribution in [3.8, 4) is 0 Å². The molecule has 0 aliphatic carbocycles. The standard InChI is InChI=1S/C48H43Cl4N5O6/c1-28-14-19-41(45(60)54-28)57-46(61)34-11-8-12-39(43(34)48(57)63)53-20-7-3-6-13-42(58)55-40(25-29-9-4-2-5-10-29)47(62)56-26-32(21-30-15-17-35(49)37(51)23-30)44(59)33(27-56)22-31-16-18-36(50)38(52)24-31/h2,4-5,8-12,15-18,21-24,40-41,53H,1,3,6-7,13-14,19-20,25-27H2,(H,54,60)(H,55,58)/b32-21+,33-22+/t40-,41?/m1/s1. The van der Waals surface area contributed by atoms with E-state index in [1.165, 1.54) is 0 Å². The Labute approximate surface area is 385 Å². The Morgan fingerprint density at radius 3 is 2.05 bits per heavy atom. The first-order valence-electron chi connectivity index (χ1n) is 20.5. The molecule has 1 unspecified atom stereocenters. The third-order valence-corrected chi connectivity index (χ3v) is 12.6. The third kappa shape index (κ3) is 10.7. The lowest BCUT2D eigenvalue weighted by Gasteiger charge is -2.33. The number of hydrogen-bond donors (Lipinski definition) is 3. The zero-order valence-corrected chi connectivity index (χ0v) is 37.0. The minimum absolute atomic E-state index is 0.0146. The molecule has 3 aliphatic rings. The molecule has 2 fully saturated rings. The molecular formula is C48H43Cl4N5O6. The molecule has 0 saturated carbocycles. The number of amides is 5. The molecule has 3 heterocycles. The van der Waals surface area contributed by atoms with E-state index in [2.05, 4.69) is 22.5 Å². The molecule has 3 N–H and O–H groups in total. The van der Waals surface area contributed by atoms with E-state index in [9.17, 15) is 28.8 Å². The topological polar surface area (TPSA) is 145 Å². The van der Waals surface area contributed by atoms with Crippen molar-refractivity contribution in [3.63, 3.8) is 0 Å². The average molecular weight is 928 g/mol. The van der Waals surface area contributed by atoms with Crippen molar-refractivity contribution in [2.45, 2.75) is 57.0 Å². The number of nitrogens with one attached hydrogen (secondary N) is 3. The van der Waals surface area contributed by atoms with E-state index < -0.39 is 29.8 Å². The Hall–Kier alpha value is -5.72. The third-order valence-electron chi connectivity index (χ3n) is 11.1. The van der Waals surface area contributed by atoms with Crippen LogP contribution in [0.15, 0.2) is 108 Å². The molecule has 0 aromatic heterocycles. The summed E-state index contributed by atoms with van der Waals surface area (Å²) in [6.45, 7) is 4.21. The number of halogens is 4. The summed E-state index contributed by atoms with van der Waals surface area (Å²) in [7, 11) is 0. The van der Waals surface area contributed by atoms with Crippen molar-refractivity contribution in [2.24, 2.45) is 0 Å². The van der Waals surface area contributed by atoms with Crippen LogP contribution in [-0.4, -0.2) is 76.8 Å². The number of allylic oxidation sites excluding steroid dienone is 1. The van der Waals surface area contributed by atoms with Crippen LogP contribution in [0.1, 0.15) is 75.9 Å². The largest absolute Gasteiger partial charge is 0.384 e. The second-order valence-corrected chi connectivity index (χ2v) is 17.2. The fourth-order valence-corrected chi connectivity index (χ4v) is 8.50. The lowest BCUT2D eigenvalue weighted by Crippen LogP contribution is -2.52. The molecule has 5 amide bonds. The van der Waals surface area contributed by atoms with Gasteiger partial charge in [-0.1, -0.05) is 108 Å². The molecule has 11 nitrogen and oxygen atoms in total. The summed E-state index contributed by atoms with van der Waals surface area (Å²) in [5, 5.41) is 10.2. The van der Waals surface area contributed by atoms with E-state index in [-0.39, 0.29) is 54.7 Å². The number of anilines is 1. The maximum absolute atomic E-state index is 14.5. The summed E-state index contributed by atoms with van der Waals surface area (Å²) < 4.78 is 0. The van der Waals surface area contributed by atoms with Gasteiger partial charge in [0.1, 0.15) is 12.1 Å². The number of ketones is 1. The number of carbonyl (C=O) groups is 6. The van der Waals surface area contributed by atoms with Gasteiger partial charge >= 0.3 is 0 Å². The highest BCUT2D eigenvalue weighted by Gasteiger charge is 2.45. The smallest absolute Gasteiger partial charge is 0.264 e. The normalized spacial score (nSPS) is 18.2. The first kappa shape index (κ1) is 45.3. The van der Waals surface area contributed by atoms with Gasteiger partial charge in [-0.3, -0.25) is 33.7 Å². The van der Waals surface area contributed by atoms with Crippen molar-refractivity contribution in [2.75, 3.05) is 25.0 Å². The molecule has 3 aliphatic heterocycles. The summed E-state index contributed by atoms with van der Waals surface area (Å²) in [4.78, 5) is 84.1. The van der Waals surface area contributed by atoms with E-state index in [0.717, 1.165) is 10.5 Å². The van der Waals surface area contributed by atoms with Crippen LogP contribution in [0.25, 0.3) is 12.2 Å². The van der Waals surface area contributed by atoms with Crippen molar-refractivity contribution in [1.29, 1.82) is 0 Å². The number of Topliss-reactive ketones (excluding diaryl/α,β-unsaturated/α-hetero) is 1. The Bertz CT molecular complexity index is 2500. The molecule has 63 heavy (non-hydrogen) atoms. The average Bonchev–Trinajstić information content (AvgIpc) is 3.51. The minimum atomic E-state index is -0.939. The van der Waals surface area contributed by atoms with Crippen LogP contribution in [-0.2, 0) is 25.6 Å². The lowest BCUT2D eigenvalue weighted by atomic mass is 9.93. The van der Waals surface area contributed by atoms with Crippen LogP contribution in [0.4, 0.5) is 5.69 Å². The summed E-state index contributed by atoms with van der Waals surface area (Å²) in [6.07, 6.45) is 6.33. The van der Waals surface area contributed by atoms with Crippen molar-refractivity contribution in [1.82, 2.24) is 20.4 Å². The second-order valence-electron chi connectivity index (χ2n) is 15.6. The number of fused-ring (bicyclic) bond motifs is 1. The Morgan fingerprint density at radius 2 is 1.43 bits per heavy atom. The number of imide groups is 1. The predicted octanol–water partition coefficient (Wildman–Crippen LogP) is 8.97. The van der Waals surface area contributed by atoms with E-state index in [4.69, 9.17) is 46.4 Å². The Kier molecular flexibility index (Phi) is 14.5. The molecule has 0 radical (unpaired) electrons. The molecule has 4 aromatic rings. The zero-order chi connectivity index (χ0) is 44.8. The quantitative estimate of drug-likeness (QED) is 0.0651. The number of hydrogen-bond acceptors (Lipinski definition) is 7. The molecule has 7 rings (SSSR count). The van der Waals surface area contributed by atoms with Crippen LogP contribution >= 0.6 is 46.4 Å². The number of benzene rings is 4. The van der Waals surface area contributed by atoms with Gasteiger partial charge in [-0.2, -0.15) is 0 Å². The van der Waals surface area contributed by atoms with Gasteiger partial charge in [0.05, 0.1) is 31.2 Å². The summed E-state index contributed by atoms with van der Waals surface area (Å²) in [6, 6.07) is 22.5. The van der Waals surface area contributed by atoms with Crippen molar-refractivity contribution < 1.29 is 28.8 Å². The van der Waals surface area contributed by atoms with Crippen LogP contribution in [0.3, 0.4) is 0 Å². The van der Waals surface area contributed by atoms with Gasteiger partial charge in [0.15, 0.2) is 5.78 Å². The van der Waals surface area contributed by atoms with E-state index in [1.54, 1.807) is 71.6 Å². The van der Waals surface area contributed by atoms with Crippen molar-refractivity contribution >= 4 is 99.6 Å². The maximum Gasteiger partial charge on any atom is 0.264 e. The number of carbonyl (C=O) groups excluding carboxylic acids is 6. The zero-order valence-electron chi connectivity index (χ0n) is 34.0. The number of likely N-dealkylation sites (tertiary alicyclic amines) is 1. The fraction of sp³-hybridized carbons (Fsp3) is 0.250.